The Morgan fingerprint density at radius 1 is 1.55 bits per heavy atom. The number of hydrogen-bond acceptors (Lipinski definition) is 3. The minimum Gasteiger partial charge on any atom is -0.379 e. The molecule has 1 aliphatic carbocycles. The standard InChI is InChI=1S/C8H15NOS/c11-8(1-2-8)5-7-6-10-4-3-9-7/h7,9,11H,1-6H2. The van der Waals surface area contributed by atoms with Gasteiger partial charge in [-0.2, -0.15) is 12.6 Å². The molecule has 0 amide bonds. The summed E-state index contributed by atoms with van der Waals surface area (Å²) in [6.45, 7) is 2.76. The lowest BCUT2D eigenvalue weighted by atomic mass is 10.1. The van der Waals surface area contributed by atoms with Gasteiger partial charge in [-0.05, 0) is 19.3 Å². The Bertz CT molecular complexity index is 141. The highest BCUT2D eigenvalue weighted by molar-refractivity contribution is 7.82. The zero-order valence-corrected chi connectivity index (χ0v) is 7.57. The van der Waals surface area contributed by atoms with E-state index in [2.05, 4.69) is 17.9 Å². The second kappa shape index (κ2) is 2.96. The second-order valence-electron chi connectivity index (χ2n) is 3.65. The molecule has 0 bridgehead atoms. The molecule has 2 aliphatic rings. The van der Waals surface area contributed by atoms with E-state index in [1.54, 1.807) is 0 Å². The molecule has 0 aromatic heterocycles. The summed E-state index contributed by atoms with van der Waals surface area (Å²) in [5.41, 5.74) is 0. The number of hydrogen-bond donors (Lipinski definition) is 2. The van der Waals surface area contributed by atoms with Crippen LogP contribution in [0.4, 0.5) is 0 Å². The first-order chi connectivity index (χ1) is 5.29. The molecule has 1 saturated heterocycles. The van der Waals surface area contributed by atoms with Crippen LogP contribution in [-0.4, -0.2) is 30.5 Å². The zero-order chi connectivity index (χ0) is 7.73. The zero-order valence-electron chi connectivity index (χ0n) is 6.68. The van der Waals surface area contributed by atoms with Crippen molar-refractivity contribution in [2.45, 2.75) is 30.1 Å². The predicted octanol–water partition coefficient (Wildman–Crippen LogP) is 0.827. The van der Waals surface area contributed by atoms with E-state index in [9.17, 15) is 0 Å². The smallest absolute Gasteiger partial charge is 0.0620 e. The lowest BCUT2D eigenvalue weighted by Crippen LogP contribution is -2.42. The van der Waals surface area contributed by atoms with Gasteiger partial charge in [0.15, 0.2) is 0 Å². The monoisotopic (exact) mass is 173 g/mol. The Hall–Kier alpha value is 0.270. The van der Waals surface area contributed by atoms with Gasteiger partial charge in [-0.1, -0.05) is 0 Å². The molecule has 1 heterocycles. The van der Waals surface area contributed by atoms with Crippen LogP contribution in [0.15, 0.2) is 0 Å². The SMILES string of the molecule is SC1(CC2COCCN2)CC1. The van der Waals surface area contributed by atoms with Crippen molar-refractivity contribution in [2.24, 2.45) is 0 Å². The molecule has 0 aromatic rings. The first kappa shape index (κ1) is 7.90. The summed E-state index contributed by atoms with van der Waals surface area (Å²) in [7, 11) is 0. The van der Waals surface area contributed by atoms with Gasteiger partial charge in [-0.3, -0.25) is 0 Å². The molecular formula is C8H15NOS. The maximum atomic E-state index is 5.36. The third-order valence-electron chi connectivity index (χ3n) is 2.45. The summed E-state index contributed by atoms with van der Waals surface area (Å²) in [6.07, 6.45) is 3.75. The fraction of sp³-hybridized carbons (Fsp3) is 1.00. The molecule has 1 N–H and O–H groups in total. The van der Waals surface area contributed by atoms with Crippen LogP contribution in [0, 0.1) is 0 Å². The molecule has 11 heavy (non-hydrogen) atoms. The molecule has 2 nitrogen and oxygen atoms in total. The van der Waals surface area contributed by atoms with E-state index in [-0.39, 0.29) is 0 Å². The highest BCUT2D eigenvalue weighted by Gasteiger charge is 2.40. The Morgan fingerprint density at radius 2 is 2.36 bits per heavy atom. The van der Waals surface area contributed by atoms with E-state index in [1.807, 2.05) is 0 Å². The summed E-state index contributed by atoms with van der Waals surface area (Å²) in [4.78, 5) is 0. The number of ether oxygens (including phenoxy) is 1. The summed E-state index contributed by atoms with van der Waals surface area (Å²) >= 11 is 4.58. The van der Waals surface area contributed by atoms with Crippen LogP contribution in [0.5, 0.6) is 0 Å². The van der Waals surface area contributed by atoms with Gasteiger partial charge in [0, 0.05) is 17.3 Å². The molecule has 0 aromatic carbocycles. The Kier molecular flexibility index (Phi) is 2.12. The molecule has 2 rings (SSSR count). The van der Waals surface area contributed by atoms with Crippen LogP contribution in [0.3, 0.4) is 0 Å². The molecule has 2 fully saturated rings. The predicted molar refractivity (Wildman–Crippen MR) is 48.2 cm³/mol. The van der Waals surface area contributed by atoms with Crippen molar-refractivity contribution >= 4 is 12.6 Å². The van der Waals surface area contributed by atoms with Gasteiger partial charge in [-0.25, -0.2) is 0 Å². The van der Waals surface area contributed by atoms with E-state index in [1.165, 1.54) is 19.3 Å². The topological polar surface area (TPSA) is 21.3 Å². The number of rotatable bonds is 2. The lowest BCUT2D eigenvalue weighted by molar-refractivity contribution is 0.0736. The molecule has 1 atom stereocenters. The van der Waals surface area contributed by atoms with Crippen molar-refractivity contribution in [1.82, 2.24) is 5.32 Å². The average Bonchev–Trinajstić information content (AvgIpc) is 2.70. The van der Waals surface area contributed by atoms with Crippen molar-refractivity contribution < 1.29 is 4.74 Å². The first-order valence-corrected chi connectivity index (χ1v) is 4.77. The highest BCUT2D eigenvalue weighted by atomic mass is 32.1. The molecule has 0 spiro atoms. The van der Waals surface area contributed by atoms with Crippen molar-refractivity contribution in [3.8, 4) is 0 Å². The normalized spacial score (nSPS) is 35.2. The minimum absolute atomic E-state index is 0.359. The first-order valence-electron chi connectivity index (χ1n) is 4.32. The largest absolute Gasteiger partial charge is 0.379 e. The average molecular weight is 173 g/mol. The quantitative estimate of drug-likeness (QED) is 0.603. The fourth-order valence-corrected chi connectivity index (χ4v) is 1.89. The summed E-state index contributed by atoms with van der Waals surface area (Å²) < 4.78 is 5.72. The summed E-state index contributed by atoms with van der Waals surface area (Å²) in [6, 6.07) is 0.559. The van der Waals surface area contributed by atoms with Crippen LogP contribution in [0.1, 0.15) is 19.3 Å². The Labute approximate surface area is 73.1 Å². The lowest BCUT2D eigenvalue weighted by Gasteiger charge is -2.25. The van der Waals surface area contributed by atoms with E-state index >= 15 is 0 Å². The molecule has 0 radical (unpaired) electrons. The molecule has 1 aliphatic heterocycles. The molecule has 3 heteroatoms. The van der Waals surface area contributed by atoms with E-state index in [0.29, 0.717) is 10.8 Å². The molecular weight excluding hydrogens is 158 g/mol. The van der Waals surface area contributed by atoms with Crippen molar-refractivity contribution in [2.75, 3.05) is 19.8 Å². The van der Waals surface area contributed by atoms with Gasteiger partial charge in [-0.15, -0.1) is 0 Å². The van der Waals surface area contributed by atoms with Crippen LogP contribution < -0.4 is 5.32 Å². The maximum Gasteiger partial charge on any atom is 0.0620 e. The van der Waals surface area contributed by atoms with Gasteiger partial charge in [0.1, 0.15) is 0 Å². The van der Waals surface area contributed by atoms with Gasteiger partial charge in [0.25, 0.3) is 0 Å². The molecule has 1 unspecified atom stereocenters. The summed E-state index contributed by atoms with van der Waals surface area (Å²) in [5.74, 6) is 0. The Morgan fingerprint density at radius 3 is 2.91 bits per heavy atom. The Balaban J connectivity index is 1.76. The van der Waals surface area contributed by atoms with E-state index < -0.39 is 0 Å². The van der Waals surface area contributed by atoms with E-state index in [4.69, 9.17) is 4.74 Å². The number of thiol groups is 1. The van der Waals surface area contributed by atoms with Gasteiger partial charge < -0.3 is 10.1 Å². The minimum atomic E-state index is 0.359. The maximum absolute atomic E-state index is 5.36. The second-order valence-corrected chi connectivity index (χ2v) is 4.60. The summed E-state index contributed by atoms with van der Waals surface area (Å²) in [5, 5.41) is 3.44. The van der Waals surface area contributed by atoms with Crippen LogP contribution in [0.2, 0.25) is 0 Å². The van der Waals surface area contributed by atoms with Crippen LogP contribution in [-0.2, 0) is 4.74 Å². The number of nitrogens with one attached hydrogen (secondary N) is 1. The third kappa shape index (κ3) is 2.10. The van der Waals surface area contributed by atoms with Crippen molar-refractivity contribution in [3.05, 3.63) is 0 Å². The fourth-order valence-electron chi connectivity index (χ4n) is 1.56. The van der Waals surface area contributed by atoms with Crippen LogP contribution >= 0.6 is 12.6 Å². The molecule has 1 saturated carbocycles. The van der Waals surface area contributed by atoms with Crippen molar-refractivity contribution in [3.63, 3.8) is 0 Å². The van der Waals surface area contributed by atoms with Crippen molar-refractivity contribution in [1.29, 1.82) is 0 Å². The van der Waals surface area contributed by atoms with Gasteiger partial charge in [0.2, 0.25) is 0 Å². The van der Waals surface area contributed by atoms with E-state index in [0.717, 1.165) is 19.8 Å². The van der Waals surface area contributed by atoms with Crippen LogP contribution in [0.25, 0.3) is 0 Å². The highest BCUT2D eigenvalue weighted by Crippen LogP contribution is 2.45. The number of morpholine rings is 1. The third-order valence-corrected chi connectivity index (χ3v) is 3.08. The molecule has 64 valence electrons. The van der Waals surface area contributed by atoms with Gasteiger partial charge in [0.05, 0.1) is 13.2 Å². The van der Waals surface area contributed by atoms with Gasteiger partial charge >= 0.3 is 0 Å².